The highest BCUT2D eigenvalue weighted by molar-refractivity contribution is 5.91. The van der Waals surface area contributed by atoms with Crippen LogP contribution in [0, 0.1) is 18.8 Å². The van der Waals surface area contributed by atoms with Gasteiger partial charge in [-0.2, -0.15) is 0 Å². The van der Waals surface area contributed by atoms with E-state index >= 15 is 0 Å². The van der Waals surface area contributed by atoms with E-state index in [0.717, 1.165) is 5.56 Å². The van der Waals surface area contributed by atoms with Crippen molar-refractivity contribution in [2.24, 2.45) is 11.8 Å². The van der Waals surface area contributed by atoms with Crippen molar-refractivity contribution in [1.29, 1.82) is 0 Å². The minimum absolute atomic E-state index is 0.119. The Morgan fingerprint density at radius 3 is 2.70 bits per heavy atom. The number of hydrogen-bond donors (Lipinski definition) is 1. The zero-order chi connectivity index (χ0) is 16.4. The van der Waals surface area contributed by atoms with Gasteiger partial charge in [-0.3, -0.25) is 9.59 Å². The molecule has 1 aromatic carbocycles. The Balaban J connectivity index is 1.64. The van der Waals surface area contributed by atoms with Crippen LogP contribution in [0.25, 0.3) is 0 Å². The first-order chi connectivity index (χ1) is 10.8. The second-order valence-electron chi connectivity index (χ2n) is 7.05. The molecule has 3 heterocycles. The molecule has 2 fully saturated rings. The lowest BCUT2D eigenvalue weighted by atomic mass is 9.72. The second-order valence-corrected chi connectivity index (χ2v) is 7.05. The molecule has 2 bridgehead atoms. The molecule has 5 heteroatoms. The number of carbonyl (C=O) groups is 2. The van der Waals surface area contributed by atoms with Crippen LogP contribution in [0.2, 0.25) is 0 Å². The molecular weight excluding hydrogens is 294 g/mol. The number of aryl methyl sites for hydroxylation is 1. The zero-order valence-electron chi connectivity index (χ0n) is 13.2. The number of rotatable bonds is 3. The molecule has 0 aliphatic carbocycles. The Labute approximate surface area is 134 Å². The van der Waals surface area contributed by atoms with Crippen LogP contribution in [0.3, 0.4) is 0 Å². The molecule has 120 valence electrons. The van der Waals surface area contributed by atoms with Crippen LogP contribution in [-0.4, -0.2) is 39.6 Å². The summed E-state index contributed by atoms with van der Waals surface area (Å²) >= 11 is 0. The molecule has 2 saturated heterocycles. The minimum atomic E-state index is -0.964. The highest BCUT2D eigenvalue weighted by atomic mass is 16.5. The van der Waals surface area contributed by atoms with Gasteiger partial charge in [0.15, 0.2) is 0 Å². The highest BCUT2D eigenvalue weighted by Crippen LogP contribution is 2.57. The first kappa shape index (κ1) is 14.5. The number of nitrogens with zero attached hydrogens (tertiary/aromatic N) is 1. The quantitative estimate of drug-likeness (QED) is 0.863. The van der Waals surface area contributed by atoms with Gasteiger partial charge in [-0.05, 0) is 19.4 Å². The van der Waals surface area contributed by atoms with Gasteiger partial charge < -0.3 is 14.7 Å². The highest BCUT2D eigenvalue weighted by Gasteiger charge is 2.71. The van der Waals surface area contributed by atoms with Crippen molar-refractivity contribution in [3.63, 3.8) is 0 Å². The molecule has 3 aliphatic rings. The number of carboxylic acid groups (broad SMARTS) is 1. The first-order valence-electron chi connectivity index (χ1n) is 7.82. The van der Waals surface area contributed by atoms with E-state index in [1.54, 1.807) is 11.8 Å². The summed E-state index contributed by atoms with van der Waals surface area (Å²) in [6, 6.07) is 8.02. The monoisotopic (exact) mass is 313 g/mol. The van der Waals surface area contributed by atoms with E-state index < -0.39 is 29.0 Å². The Morgan fingerprint density at radius 1 is 1.35 bits per heavy atom. The number of hydrogen-bond acceptors (Lipinski definition) is 3. The van der Waals surface area contributed by atoms with Crippen LogP contribution >= 0.6 is 0 Å². The summed E-state index contributed by atoms with van der Waals surface area (Å²) in [4.78, 5) is 26.3. The predicted octanol–water partition coefficient (Wildman–Crippen LogP) is 1.75. The number of aliphatic carboxylic acids is 1. The van der Waals surface area contributed by atoms with Crippen molar-refractivity contribution in [2.75, 3.05) is 6.54 Å². The number of fused-ring (bicyclic) bond motifs is 1. The summed E-state index contributed by atoms with van der Waals surface area (Å²) in [6.45, 7) is 4.68. The van der Waals surface area contributed by atoms with Gasteiger partial charge in [-0.25, -0.2) is 0 Å². The molecule has 23 heavy (non-hydrogen) atoms. The van der Waals surface area contributed by atoms with Crippen LogP contribution in [-0.2, 0) is 20.9 Å². The van der Waals surface area contributed by atoms with Gasteiger partial charge in [0, 0.05) is 6.54 Å². The lowest BCUT2D eigenvalue weighted by Gasteiger charge is -2.27. The van der Waals surface area contributed by atoms with Crippen molar-refractivity contribution in [3.05, 3.63) is 47.5 Å². The van der Waals surface area contributed by atoms with E-state index in [1.807, 2.05) is 43.3 Å². The Kier molecular flexibility index (Phi) is 2.79. The van der Waals surface area contributed by atoms with E-state index in [-0.39, 0.29) is 5.91 Å². The molecule has 0 saturated carbocycles. The number of likely N-dealkylation sites (tertiary alicyclic amines) is 1. The van der Waals surface area contributed by atoms with Crippen LogP contribution in [0.15, 0.2) is 36.4 Å². The van der Waals surface area contributed by atoms with E-state index in [1.165, 1.54) is 5.56 Å². The van der Waals surface area contributed by atoms with Crippen LogP contribution in [0.4, 0.5) is 0 Å². The lowest BCUT2D eigenvalue weighted by Crippen LogP contribution is -2.43. The number of ether oxygens (including phenoxy) is 1. The van der Waals surface area contributed by atoms with E-state index in [9.17, 15) is 14.7 Å². The third-order valence-corrected chi connectivity index (χ3v) is 5.36. The average Bonchev–Trinajstić information content (AvgIpc) is 3.04. The van der Waals surface area contributed by atoms with Crippen molar-refractivity contribution in [1.82, 2.24) is 4.90 Å². The molecule has 1 N–H and O–H groups in total. The standard InChI is InChI=1S/C18H19NO4/c1-11-3-5-12(6-4-11)9-19-10-18-8-7-17(2,23-18)14(16(21)22)13(18)15(19)20/h3-8,13-14H,9-10H2,1-2H3,(H,21,22)/t13-,14-,17+,18-/m1/s1. The number of carboxylic acids is 1. The fourth-order valence-corrected chi connectivity index (χ4v) is 4.27. The SMILES string of the molecule is Cc1ccc(CN2C[C@@]34C=C[C@](C)(O3)[C@@H](C(=O)O)[C@@H]4C2=O)cc1. The summed E-state index contributed by atoms with van der Waals surface area (Å²) in [5.74, 6) is -2.52. The average molecular weight is 313 g/mol. The predicted molar refractivity (Wildman–Crippen MR) is 82.6 cm³/mol. The van der Waals surface area contributed by atoms with Gasteiger partial charge in [-0.15, -0.1) is 0 Å². The summed E-state index contributed by atoms with van der Waals surface area (Å²) < 4.78 is 6.05. The summed E-state index contributed by atoms with van der Waals surface area (Å²) in [5.41, 5.74) is 0.555. The third kappa shape index (κ3) is 1.89. The van der Waals surface area contributed by atoms with E-state index in [4.69, 9.17) is 4.74 Å². The molecule has 4 rings (SSSR count). The summed E-state index contributed by atoms with van der Waals surface area (Å²) in [5, 5.41) is 9.58. The van der Waals surface area contributed by atoms with Gasteiger partial charge in [0.25, 0.3) is 0 Å². The van der Waals surface area contributed by atoms with Crippen molar-refractivity contribution in [3.8, 4) is 0 Å². The van der Waals surface area contributed by atoms with E-state index in [0.29, 0.717) is 13.1 Å². The molecule has 4 atom stereocenters. The van der Waals surface area contributed by atoms with Gasteiger partial charge >= 0.3 is 5.97 Å². The maximum Gasteiger partial charge on any atom is 0.310 e. The summed E-state index contributed by atoms with van der Waals surface area (Å²) in [7, 11) is 0. The number of amides is 1. The second kappa shape index (κ2) is 4.45. The van der Waals surface area contributed by atoms with Gasteiger partial charge in [0.1, 0.15) is 11.5 Å². The smallest absolute Gasteiger partial charge is 0.310 e. The molecule has 1 spiro atoms. The van der Waals surface area contributed by atoms with Crippen LogP contribution < -0.4 is 0 Å². The largest absolute Gasteiger partial charge is 0.481 e. The third-order valence-electron chi connectivity index (χ3n) is 5.36. The minimum Gasteiger partial charge on any atom is -0.481 e. The topological polar surface area (TPSA) is 66.8 Å². The van der Waals surface area contributed by atoms with Gasteiger partial charge in [-0.1, -0.05) is 42.0 Å². The normalized spacial score (nSPS) is 37.5. The first-order valence-corrected chi connectivity index (χ1v) is 7.82. The van der Waals surface area contributed by atoms with Gasteiger partial charge in [0.05, 0.1) is 18.1 Å². The molecular formula is C18H19NO4. The molecule has 1 aromatic rings. The lowest BCUT2D eigenvalue weighted by molar-refractivity contribution is -0.151. The molecule has 5 nitrogen and oxygen atoms in total. The Bertz CT molecular complexity index is 725. The summed E-state index contributed by atoms with van der Waals surface area (Å²) in [6.07, 6.45) is 3.70. The molecule has 0 unspecified atom stereocenters. The van der Waals surface area contributed by atoms with Crippen molar-refractivity contribution >= 4 is 11.9 Å². The number of carbonyl (C=O) groups excluding carboxylic acids is 1. The van der Waals surface area contributed by atoms with Gasteiger partial charge in [0.2, 0.25) is 5.91 Å². The Hall–Kier alpha value is -2.14. The fraction of sp³-hybridized carbons (Fsp3) is 0.444. The molecule has 0 radical (unpaired) electrons. The van der Waals surface area contributed by atoms with Crippen molar-refractivity contribution in [2.45, 2.75) is 31.6 Å². The van der Waals surface area contributed by atoms with Crippen LogP contribution in [0.1, 0.15) is 18.1 Å². The maximum absolute atomic E-state index is 12.8. The fourth-order valence-electron chi connectivity index (χ4n) is 4.27. The van der Waals surface area contributed by atoms with Crippen molar-refractivity contribution < 1.29 is 19.4 Å². The Morgan fingerprint density at radius 2 is 2.04 bits per heavy atom. The molecule has 3 aliphatic heterocycles. The molecule has 0 aromatic heterocycles. The molecule has 1 amide bonds. The zero-order valence-corrected chi connectivity index (χ0v) is 13.2. The van der Waals surface area contributed by atoms with E-state index in [2.05, 4.69) is 0 Å². The maximum atomic E-state index is 12.8. The van der Waals surface area contributed by atoms with Crippen LogP contribution in [0.5, 0.6) is 0 Å². The number of benzene rings is 1.